The van der Waals surface area contributed by atoms with Crippen molar-refractivity contribution in [3.63, 3.8) is 0 Å². The summed E-state index contributed by atoms with van der Waals surface area (Å²) in [5.41, 5.74) is 0. The number of hydrogen-bond donors (Lipinski definition) is 3. The number of carbonyl (C=O) groups excluding carboxylic acids is 1. The number of urea groups is 1. The number of aliphatic carboxylic acids is 1. The largest absolute Gasteiger partial charge is 0.480 e. The predicted octanol–water partition coefficient (Wildman–Crippen LogP) is 1.52. The lowest BCUT2D eigenvalue weighted by Crippen LogP contribution is -2.50. The van der Waals surface area contributed by atoms with Crippen molar-refractivity contribution in [1.82, 2.24) is 15.5 Å². The van der Waals surface area contributed by atoms with Gasteiger partial charge in [-0.3, -0.25) is 0 Å². The van der Waals surface area contributed by atoms with Gasteiger partial charge in [0.25, 0.3) is 0 Å². The van der Waals surface area contributed by atoms with Crippen LogP contribution in [0.25, 0.3) is 0 Å². The Morgan fingerprint density at radius 3 is 2.48 bits per heavy atom. The molecule has 1 aliphatic heterocycles. The molecular formula is C15H29N3O3. The molecule has 122 valence electrons. The molecule has 6 nitrogen and oxygen atoms in total. The van der Waals surface area contributed by atoms with Gasteiger partial charge in [-0.05, 0) is 38.6 Å². The third kappa shape index (κ3) is 5.53. The monoisotopic (exact) mass is 299 g/mol. The quantitative estimate of drug-likeness (QED) is 0.665. The molecular weight excluding hydrogens is 270 g/mol. The number of carbonyl (C=O) groups is 2. The van der Waals surface area contributed by atoms with Crippen LogP contribution in [-0.4, -0.2) is 53.7 Å². The number of carboxylic acids is 1. The maximum Gasteiger partial charge on any atom is 0.326 e. The van der Waals surface area contributed by atoms with Crippen LogP contribution in [0.5, 0.6) is 0 Å². The van der Waals surface area contributed by atoms with Crippen molar-refractivity contribution in [2.75, 3.05) is 19.6 Å². The van der Waals surface area contributed by atoms with E-state index in [0.29, 0.717) is 24.9 Å². The number of nitrogens with one attached hydrogen (secondary N) is 2. The van der Waals surface area contributed by atoms with Crippen LogP contribution in [0.15, 0.2) is 0 Å². The Labute approximate surface area is 127 Å². The van der Waals surface area contributed by atoms with Crippen molar-refractivity contribution in [3.05, 3.63) is 0 Å². The smallest absolute Gasteiger partial charge is 0.326 e. The summed E-state index contributed by atoms with van der Waals surface area (Å²) in [7, 11) is 0. The van der Waals surface area contributed by atoms with Gasteiger partial charge in [0.2, 0.25) is 0 Å². The van der Waals surface area contributed by atoms with Gasteiger partial charge in [0.05, 0.1) is 0 Å². The molecule has 1 aliphatic rings. The Morgan fingerprint density at radius 2 is 2.00 bits per heavy atom. The zero-order valence-corrected chi connectivity index (χ0v) is 13.6. The molecule has 1 rings (SSSR count). The van der Waals surface area contributed by atoms with Crippen LogP contribution in [0, 0.1) is 11.8 Å². The van der Waals surface area contributed by atoms with Gasteiger partial charge >= 0.3 is 12.0 Å². The zero-order valence-electron chi connectivity index (χ0n) is 13.6. The molecule has 2 amide bonds. The number of nitrogens with zero attached hydrogens (tertiary/aromatic N) is 1. The van der Waals surface area contributed by atoms with E-state index in [-0.39, 0.29) is 11.9 Å². The summed E-state index contributed by atoms with van der Waals surface area (Å²) in [5.74, 6) is -0.618. The van der Waals surface area contributed by atoms with E-state index in [1.54, 1.807) is 0 Å². The molecule has 0 radical (unpaired) electrons. The first kappa shape index (κ1) is 17.8. The fourth-order valence-corrected chi connectivity index (χ4v) is 2.61. The summed E-state index contributed by atoms with van der Waals surface area (Å²) >= 11 is 0. The Hall–Kier alpha value is -1.30. The number of carboxylic acid groups (broad SMARTS) is 1. The first-order valence-electron chi connectivity index (χ1n) is 7.86. The van der Waals surface area contributed by atoms with E-state index < -0.39 is 12.0 Å². The topological polar surface area (TPSA) is 81.7 Å². The average molecular weight is 299 g/mol. The lowest BCUT2D eigenvalue weighted by atomic mass is 9.99. The van der Waals surface area contributed by atoms with Crippen molar-refractivity contribution in [2.45, 2.75) is 52.6 Å². The van der Waals surface area contributed by atoms with E-state index in [9.17, 15) is 9.59 Å². The lowest BCUT2D eigenvalue weighted by Gasteiger charge is -2.22. The predicted molar refractivity (Wildman–Crippen MR) is 82.2 cm³/mol. The Morgan fingerprint density at radius 1 is 1.33 bits per heavy atom. The van der Waals surface area contributed by atoms with E-state index in [1.165, 1.54) is 0 Å². The maximum atomic E-state index is 11.9. The van der Waals surface area contributed by atoms with Gasteiger partial charge in [0, 0.05) is 19.1 Å². The Kier molecular flexibility index (Phi) is 6.95. The highest BCUT2D eigenvalue weighted by Crippen LogP contribution is 2.17. The maximum absolute atomic E-state index is 11.9. The van der Waals surface area contributed by atoms with Gasteiger partial charge in [-0.1, -0.05) is 20.3 Å². The lowest BCUT2D eigenvalue weighted by molar-refractivity contribution is -0.140. The molecule has 0 spiro atoms. The molecule has 21 heavy (non-hydrogen) atoms. The molecule has 0 aromatic rings. The summed E-state index contributed by atoms with van der Waals surface area (Å²) in [4.78, 5) is 25.4. The van der Waals surface area contributed by atoms with Crippen molar-refractivity contribution < 1.29 is 14.7 Å². The molecule has 0 aromatic carbocycles. The standard InChI is InChI=1S/C15H29N3O3/c1-5-11(4)13(14(19)20)17-15(21)16-8-12-6-7-18(9-12)10(2)3/h10-13H,5-9H2,1-4H3,(H,19,20)(H2,16,17,21)/t11?,12?,13-/m0/s1. The van der Waals surface area contributed by atoms with Crippen LogP contribution < -0.4 is 10.6 Å². The van der Waals surface area contributed by atoms with Gasteiger partial charge in [-0.2, -0.15) is 0 Å². The van der Waals surface area contributed by atoms with Crippen LogP contribution in [-0.2, 0) is 4.79 Å². The summed E-state index contributed by atoms with van der Waals surface area (Å²) in [6.45, 7) is 10.7. The van der Waals surface area contributed by atoms with E-state index in [1.807, 2.05) is 13.8 Å². The highest BCUT2D eigenvalue weighted by molar-refractivity contribution is 5.82. The highest BCUT2D eigenvalue weighted by Gasteiger charge is 2.27. The van der Waals surface area contributed by atoms with Crippen molar-refractivity contribution in [1.29, 1.82) is 0 Å². The summed E-state index contributed by atoms with van der Waals surface area (Å²) < 4.78 is 0. The first-order valence-corrected chi connectivity index (χ1v) is 7.86. The van der Waals surface area contributed by atoms with Crippen LogP contribution in [0.4, 0.5) is 4.79 Å². The molecule has 1 fully saturated rings. The molecule has 0 aromatic heterocycles. The molecule has 1 heterocycles. The second-order valence-electron chi connectivity index (χ2n) is 6.30. The zero-order chi connectivity index (χ0) is 16.0. The molecule has 0 aliphatic carbocycles. The molecule has 2 unspecified atom stereocenters. The minimum absolute atomic E-state index is 0.0869. The van der Waals surface area contributed by atoms with Crippen LogP contribution in [0.2, 0.25) is 0 Å². The van der Waals surface area contributed by atoms with Gasteiger partial charge < -0.3 is 20.6 Å². The van der Waals surface area contributed by atoms with Gasteiger partial charge in [0.15, 0.2) is 0 Å². The van der Waals surface area contributed by atoms with Crippen molar-refractivity contribution >= 4 is 12.0 Å². The molecule has 0 bridgehead atoms. The van der Waals surface area contributed by atoms with E-state index in [0.717, 1.165) is 19.5 Å². The van der Waals surface area contributed by atoms with Crippen LogP contribution in [0.1, 0.15) is 40.5 Å². The average Bonchev–Trinajstić information content (AvgIpc) is 2.90. The van der Waals surface area contributed by atoms with E-state index in [4.69, 9.17) is 5.11 Å². The fourth-order valence-electron chi connectivity index (χ4n) is 2.61. The summed E-state index contributed by atoms with van der Waals surface area (Å²) in [6, 6.07) is -0.679. The highest BCUT2D eigenvalue weighted by atomic mass is 16.4. The van der Waals surface area contributed by atoms with Crippen molar-refractivity contribution in [2.24, 2.45) is 11.8 Å². The minimum Gasteiger partial charge on any atom is -0.480 e. The second kappa shape index (κ2) is 8.22. The van der Waals surface area contributed by atoms with Gasteiger partial charge in [-0.15, -0.1) is 0 Å². The molecule has 0 saturated carbocycles. The summed E-state index contributed by atoms with van der Waals surface area (Å²) in [6.07, 6.45) is 1.79. The molecule has 3 N–H and O–H groups in total. The van der Waals surface area contributed by atoms with Gasteiger partial charge in [-0.25, -0.2) is 9.59 Å². The fraction of sp³-hybridized carbons (Fsp3) is 0.867. The Balaban J connectivity index is 2.35. The van der Waals surface area contributed by atoms with E-state index >= 15 is 0 Å². The number of amides is 2. The minimum atomic E-state index is -0.980. The molecule has 6 heteroatoms. The van der Waals surface area contributed by atoms with Crippen LogP contribution in [0.3, 0.4) is 0 Å². The number of rotatable bonds is 7. The normalized spacial score (nSPS) is 22.0. The SMILES string of the molecule is CCC(C)[C@H](NC(=O)NCC1CCN(C(C)C)C1)C(=O)O. The summed E-state index contributed by atoms with van der Waals surface area (Å²) in [5, 5.41) is 14.5. The third-order valence-corrected chi connectivity index (χ3v) is 4.36. The Bertz CT molecular complexity index is 360. The third-order valence-electron chi connectivity index (χ3n) is 4.36. The van der Waals surface area contributed by atoms with Crippen LogP contribution >= 0.6 is 0 Å². The van der Waals surface area contributed by atoms with E-state index in [2.05, 4.69) is 29.4 Å². The van der Waals surface area contributed by atoms with Crippen molar-refractivity contribution in [3.8, 4) is 0 Å². The first-order chi connectivity index (χ1) is 9.85. The molecule has 3 atom stereocenters. The molecule has 1 saturated heterocycles. The van der Waals surface area contributed by atoms with Gasteiger partial charge in [0.1, 0.15) is 6.04 Å². The number of likely N-dealkylation sites (tertiary alicyclic amines) is 1. The second-order valence-corrected chi connectivity index (χ2v) is 6.30. The number of hydrogen-bond acceptors (Lipinski definition) is 3.